The number of aromatic nitrogens is 4. The summed E-state index contributed by atoms with van der Waals surface area (Å²) in [5.74, 6) is 0.0426. The molecule has 2 aromatic rings. The summed E-state index contributed by atoms with van der Waals surface area (Å²) in [6.45, 7) is -0.956. The lowest BCUT2D eigenvalue weighted by atomic mass is 10.1. The van der Waals surface area contributed by atoms with Crippen molar-refractivity contribution in [3.05, 3.63) is 12.7 Å². The highest BCUT2D eigenvalue weighted by molar-refractivity contribution is 7.66. The molecule has 18 nitrogen and oxygen atoms in total. The van der Waals surface area contributed by atoms with E-state index < -0.39 is 54.6 Å². The number of aliphatic hydroxyl groups excluding tert-OH is 2. The minimum atomic E-state index is -5.70. The number of aliphatic hydroxyl groups is 2. The molecule has 6 atom stereocenters. The van der Waals surface area contributed by atoms with E-state index in [1.807, 2.05) is 0 Å². The highest BCUT2D eigenvalue weighted by Crippen LogP contribution is 2.66. The van der Waals surface area contributed by atoms with E-state index in [9.17, 15) is 28.8 Å². The van der Waals surface area contributed by atoms with Gasteiger partial charge in [-0.05, 0) is 0 Å². The predicted octanol–water partition coefficient (Wildman–Crippen LogP) is -1.63. The van der Waals surface area contributed by atoms with Gasteiger partial charge in [-0.3, -0.25) is 9.09 Å². The second kappa shape index (κ2) is 8.53. The number of nitrogens with two attached hydrogens (primary N) is 1. The van der Waals surface area contributed by atoms with Crippen LogP contribution < -0.4 is 5.73 Å². The highest BCUT2D eigenvalue weighted by atomic mass is 31.3. The van der Waals surface area contributed by atoms with E-state index in [1.54, 1.807) is 0 Å². The lowest BCUT2D eigenvalue weighted by Gasteiger charge is -2.19. The van der Waals surface area contributed by atoms with Gasteiger partial charge in [-0.25, -0.2) is 28.6 Å². The molecule has 1 saturated heterocycles. The Balaban J connectivity index is 1.69. The van der Waals surface area contributed by atoms with Crippen LogP contribution >= 0.6 is 23.5 Å². The quantitative estimate of drug-likeness (QED) is 0.154. The van der Waals surface area contributed by atoms with Crippen molar-refractivity contribution in [1.29, 1.82) is 0 Å². The molecule has 0 saturated carbocycles. The first-order chi connectivity index (χ1) is 14.2. The Morgan fingerprint density at radius 2 is 1.71 bits per heavy atom. The number of imidazole rings is 1. The third kappa shape index (κ3) is 5.71. The summed E-state index contributed by atoms with van der Waals surface area (Å²) in [4.78, 5) is 47.2. The number of hydrogen-bond acceptors (Lipinski definition) is 13. The Morgan fingerprint density at radius 3 is 2.35 bits per heavy atom. The molecule has 0 aliphatic carbocycles. The average Bonchev–Trinajstić information content (AvgIpc) is 3.13. The Bertz CT molecular complexity index is 1100. The number of ether oxygens (including phenoxy) is 1. The highest BCUT2D eigenvalue weighted by Gasteiger charge is 2.47. The molecule has 1 fully saturated rings. The fourth-order valence-electron chi connectivity index (χ4n) is 2.62. The molecule has 0 aromatic carbocycles. The number of nitrogens with zero attached hydrogens (tertiary/aromatic N) is 4. The van der Waals surface area contributed by atoms with Gasteiger partial charge in [0.15, 0.2) is 17.7 Å². The fraction of sp³-hybridized carbons (Fsp3) is 0.500. The molecule has 0 spiro atoms. The minimum Gasteiger partial charge on any atom is -0.387 e. The molecule has 3 heterocycles. The van der Waals surface area contributed by atoms with E-state index in [2.05, 4.69) is 28.1 Å². The van der Waals surface area contributed by atoms with Crippen LogP contribution in [0.1, 0.15) is 6.23 Å². The first-order valence-electron chi connectivity index (χ1n) is 7.92. The van der Waals surface area contributed by atoms with Crippen LogP contribution in [0.4, 0.5) is 5.82 Å². The van der Waals surface area contributed by atoms with Crippen molar-refractivity contribution < 1.29 is 61.4 Å². The van der Waals surface area contributed by atoms with Crippen LogP contribution in [0.3, 0.4) is 0 Å². The fourth-order valence-corrected chi connectivity index (χ4v) is 5.65. The van der Waals surface area contributed by atoms with E-state index in [4.69, 9.17) is 25.2 Å². The first kappa shape index (κ1) is 24.3. The number of phosphoric acid groups is 3. The molecule has 174 valence electrons. The van der Waals surface area contributed by atoms with E-state index in [0.29, 0.717) is 0 Å². The van der Waals surface area contributed by atoms with Crippen LogP contribution in [0.25, 0.3) is 11.2 Å². The number of rotatable bonds is 8. The second-order valence-electron chi connectivity index (χ2n) is 6.02. The molecule has 21 heteroatoms. The average molecular weight is 512 g/mol. The van der Waals surface area contributed by atoms with Crippen LogP contribution in [0, 0.1) is 0 Å². The van der Waals surface area contributed by atoms with Crippen LogP contribution in [0.2, 0.25) is 0 Å². The Morgan fingerprint density at radius 1 is 1.03 bits per heavy atom. The summed E-state index contributed by atoms with van der Waals surface area (Å²) in [7, 11) is -16.7. The number of nitrogen functional groups attached to an aromatic ring is 1. The zero-order valence-electron chi connectivity index (χ0n) is 14.9. The maximum atomic E-state index is 11.8. The summed E-state index contributed by atoms with van der Waals surface area (Å²) in [6, 6.07) is 0. The van der Waals surface area contributed by atoms with Crippen LogP contribution in [-0.4, -0.2) is 74.2 Å². The lowest BCUT2D eigenvalue weighted by molar-refractivity contribution is -0.0503. The largest absolute Gasteiger partial charge is 0.490 e. The maximum absolute atomic E-state index is 11.8. The molecule has 1 aliphatic heterocycles. The molecule has 8 N–H and O–H groups in total. The van der Waals surface area contributed by atoms with Gasteiger partial charge in [-0.2, -0.15) is 8.62 Å². The molecule has 0 radical (unpaired) electrons. The third-order valence-electron chi connectivity index (χ3n) is 3.82. The number of fused-ring (bicyclic) bond motifs is 1. The summed E-state index contributed by atoms with van der Waals surface area (Å²) in [5, 5.41) is 20.4. The van der Waals surface area contributed by atoms with Crippen LogP contribution in [0.15, 0.2) is 12.7 Å². The Kier molecular flexibility index (Phi) is 6.68. The van der Waals surface area contributed by atoms with E-state index in [1.165, 1.54) is 10.9 Å². The SMILES string of the molecule is [15NH2]c1[15n]c[15n]c2c1[15n]c[15n]2[C@H]1O[C@@H](COP(=O)(O)OP(=O)(O)OP(=O)(O)O)[C@@H](O)[C@H]1O. The maximum Gasteiger partial charge on any atom is 0.490 e. The van der Waals surface area contributed by atoms with Gasteiger partial charge in [-0.1, -0.05) is 0 Å². The van der Waals surface area contributed by atoms with Gasteiger partial charge >= 0.3 is 23.5 Å². The smallest absolute Gasteiger partial charge is 0.387 e. The van der Waals surface area contributed by atoms with Gasteiger partial charge in [0.25, 0.3) is 0 Å². The van der Waals surface area contributed by atoms with E-state index >= 15 is 0 Å². The van der Waals surface area contributed by atoms with Crippen molar-refractivity contribution in [3.63, 3.8) is 0 Å². The van der Waals surface area contributed by atoms with Crippen molar-refractivity contribution in [2.45, 2.75) is 24.5 Å². The van der Waals surface area contributed by atoms with Crippen molar-refractivity contribution in [2.75, 3.05) is 12.3 Å². The van der Waals surface area contributed by atoms with Crippen molar-refractivity contribution in [2.24, 2.45) is 0 Å². The zero-order valence-corrected chi connectivity index (χ0v) is 17.6. The Labute approximate surface area is 171 Å². The zero-order chi connectivity index (χ0) is 23.2. The number of phosphoric ester groups is 1. The summed E-state index contributed by atoms with van der Waals surface area (Å²) in [5.41, 5.74) is 6.00. The molecule has 3 rings (SSSR count). The molecule has 1 aliphatic rings. The van der Waals surface area contributed by atoms with Gasteiger partial charge < -0.3 is 40.3 Å². The predicted molar refractivity (Wildman–Crippen MR) is 95.5 cm³/mol. The molecule has 2 aromatic heterocycles. The first-order valence-corrected chi connectivity index (χ1v) is 12.4. The van der Waals surface area contributed by atoms with Crippen molar-refractivity contribution in [3.8, 4) is 0 Å². The molecule has 31 heavy (non-hydrogen) atoms. The van der Waals surface area contributed by atoms with Gasteiger partial charge in [0.1, 0.15) is 30.2 Å². The van der Waals surface area contributed by atoms with E-state index in [-0.39, 0.29) is 17.0 Å². The third-order valence-corrected chi connectivity index (χ3v) is 7.62. The second-order valence-corrected chi connectivity index (χ2v) is 10.4. The summed E-state index contributed by atoms with van der Waals surface area (Å²) < 4.78 is 51.9. The number of hydrogen-bond donors (Lipinski definition) is 7. The summed E-state index contributed by atoms with van der Waals surface area (Å²) in [6.07, 6.45) is -3.69. The van der Waals surface area contributed by atoms with Gasteiger partial charge in [0.2, 0.25) is 0 Å². The lowest BCUT2D eigenvalue weighted by Crippen LogP contribution is -2.33. The molecule has 0 amide bonds. The van der Waals surface area contributed by atoms with Crippen molar-refractivity contribution >= 4 is 40.4 Å². The van der Waals surface area contributed by atoms with Crippen LogP contribution in [-0.2, 0) is 31.6 Å². The monoisotopic (exact) mass is 512 g/mol. The Hall–Kier alpha value is -1.36. The number of anilines is 1. The standard InChI is InChI=1S/C10H16N5O13P3/c11-8-5-9(13-2-12-8)15(3-14-5)10-7(17)6(16)4(26-10)1-25-30(21,22)28-31(23,24)27-29(18,19)20/h2-4,6-7,10,16-17H,1H2,(H,21,22)(H,23,24)(H2,11,12,13)(H2,18,19,20)/t4-,6+,7+,10-/m0/s1/i11+1,12+1,13+1,14+1,15+1. The minimum absolute atomic E-state index is 0.0426. The topological polar surface area (TPSA) is 279 Å². The normalized spacial score (nSPS) is 28.5. The van der Waals surface area contributed by atoms with Gasteiger partial charge in [0, 0.05) is 0 Å². The van der Waals surface area contributed by atoms with Crippen molar-refractivity contribution in [1.82, 2.24) is 19.5 Å². The van der Waals surface area contributed by atoms with Crippen LogP contribution in [0.5, 0.6) is 0 Å². The van der Waals surface area contributed by atoms with Gasteiger partial charge in [-0.15, -0.1) is 0 Å². The van der Waals surface area contributed by atoms with Gasteiger partial charge in [0.05, 0.1) is 12.9 Å². The summed E-state index contributed by atoms with van der Waals surface area (Å²) >= 11 is 0. The molecular weight excluding hydrogens is 496 g/mol. The molecule has 2 unspecified atom stereocenters. The molecular formula is C10H16N5O13P3. The molecule has 0 bridgehead atoms. The van der Waals surface area contributed by atoms with E-state index in [0.717, 1.165) is 6.33 Å².